The van der Waals surface area contributed by atoms with Crippen LogP contribution in [0.4, 0.5) is 5.69 Å². The zero-order valence-corrected chi connectivity index (χ0v) is 11.8. The van der Waals surface area contributed by atoms with Gasteiger partial charge in [-0.1, -0.05) is 19.9 Å². The van der Waals surface area contributed by atoms with Crippen molar-refractivity contribution in [1.82, 2.24) is 0 Å². The predicted molar refractivity (Wildman–Crippen MR) is 75.9 cm³/mol. The molecule has 0 bridgehead atoms. The SMILES string of the molecule is Cc1cc(N2C(C)CCC2C)ccc1C(C)C. The molecule has 1 aliphatic heterocycles. The molecule has 2 unspecified atom stereocenters. The van der Waals surface area contributed by atoms with E-state index < -0.39 is 0 Å². The van der Waals surface area contributed by atoms with Crippen LogP contribution in [0.1, 0.15) is 57.6 Å². The zero-order valence-electron chi connectivity index (χ0n) is 11.8. The number of hydrogen-bond acceptors (Lipinski definition) is 1. The van der Waals surface area contributed by atoms with Gasteiger partial charge in [-0.3, -0.25) is 0 Å². The Morgan fingerprint density at radius 2 is 1.71 bits per heavy atom. The maximum Gasteiger partial charge on any atom is 0.0373 e. The fourth-order valence-electron chi connectivity index (χ4n) is 3.17. The molecule has 2 rings (SSSR count). The van der Waals surface area contributed by atoms with E-state index in [0.717, 1.165) is 0 Å². The normalized spacial score (nSPS) is 24.7. The number of anilines is 1. The maximum absolute atomic E-state index is 2.58. The largest absolute Gasteiger partial charge is 0.366 e. The highest BCUT2D eigenvalue weighted by atomic mass is 15.2. The van der Waals surface area contributed by atoms with Gasteiger partial charge >= 0.3 is 0 Å². The van der Waals surface area contributed by atoms with E-state index in [-0.39, 0.29) is 0 Å². The van der Waals surface area contributed by atoms with Crippen molar-refractivity contribution in [3.8, 4) is 0 Å². The highest BCUT2D eigenvalue weighted by Crippen LogP contribution is 2.32. The monoisotopic (exact) mass is 231 g/mol. The molecule has 1 heterocycles. The molecule has 2 atom stereocenters. The van der Waals surface area contributed by atoms with Crippen molar-refractivity contribution in [2.24, 2.45) is 0 Å². The molecule has 1 fully saturated rings. The highest BCUT2D eigenvalue weighted by molar-refractivity contribution is 5.53. The summed E-state index contributed by atoms with van der Waals surface area (Å²) in [6.45, 7) is 11.5. The summed E-state index contributed by atoms with van der Waals surface area (Å²) in [4.78, 5) is 2.58. The minimum atomic E-state index is 0.623. The summed E-state index contributed by atoms with van der Waals surface area (Å²) < 4.78 is 0. The van der Waals surface area contributed by atoms with Gasteiger partial charge in [0.25, 0.3) is 0 Å². The van der Waals surface area contributed by atoms with E-state index in [1.807, 2.05) is 0 Å². The number of aryl methyl sites for hydroxylation is 1. The van der Waals surface area contributed by atoms with Crippen LogP contribution in [0.5, 0.6) is 0 Å². The molecule has 1 heteroatoms. The van der Waals surface area contributed by atoms with Crippen molar-refractivity contribution in [1.29, 1.82) is 0 Å². The van der Waals surface area contributed by atoms with Crippen LogP contribution in [0.2, 0.25) is 0 Å². The van der Waals surface area contributed by atoms with Gasteiger partial charge in [0.05, 0.1) is 0 Å². The molecule has 0 spiro atoms. The molecule has 0 N–H and O–H groups in total. The molecule has 1 aromatic carbocycles. The summed E-state index contributed by atoms with van der Waals surface area (Å²) in [5.74, 6) is 0.623. The summed E-state index contributed by atoms with van der Waals surface area (Å²) in [7, 11) is 0. The molecular formula is C16H25N. The van der Waals surface area contributed by atoms with E-state index in [9.17, 15) is 0 Å². The second-order valence-electron chi connectivity index (χ2n) is 5.88. The lowest BCUT2D eigenvalue weighted by Crippen LogP contribution is -2.32. The third-order valence-corrected chi connectivity index (χ3v) is 4.13. The first-order valence-electron chi connectivity index (χ1n) is 6.89. The number of rotatable bonds is 2. The van der Waals surface area contributed by atoms with E-state index in [1.165, 1.54) is 29.7 Å². The molecule has 0 radical (unpaired) electrons. The van der Waals surface area contributed by atoms with Crippen LogP contribution in [-0.4, -0.2) is 12.1 Å². The molecule has 1 aromatic rings. The van der Waals surface area contributed by atoms with E-state index in [1.54, 1.807) is 0 Å². The lowest BCUT2D eigenvalue weighted by atomic mass is 9.97. The van der Waals surface area contributed by atoms with Crippen LogP contribution < -0.4 is 4.90 Å². The van der Waals surface area contributed by atoms with Crippen LogP contribution in [0.15, 0.2) is 18.2 Å². The molecule has 0 aliphatic carbocycles. The summed E-state index contributed by atoms with van der Waals surface area (Å²) in [5.41, 5.74) is 4.32. The fraction of sp³-hybridized carbons (Fsp3) is 0.625. The predicted octanol–water partition coefficient (Wildman–Crippen LogP) is 4.50. The van der Waals surface area contributed by atoms with Crippen LogP contribution in [0.3, 0.4) is 0 Å². The Hall–Kier alpha value is -0.980. The highest BCUT2D eigenvalue weighted by Gasteiger charge is 2.27. The van der Waals surface area contributed by atoms with E-state index >= 15 is 0 Å². The Morgan fingerprint density at radius 1 is 1.12 bits per heavy atom. The molecule has 0 aromatic heterocycles. The van der Waals surface area contributed by atoms with Gasteiger partial charge in [-0.25, -0.2) is 0 Å². The summed E-state index contributed by atoms with van der Waals surface area (Å²) in [6.07, 6.45) is 2.65. The lowest BCUT2D eigenvalue weighted by Gasteiger charge is -2.29. The Morgan fingerprint density at radius 3 is 2.18 bits per heavy atom. The topological polar surface area (TPSA) is 3.24 Å². The molecule has 0 amide bonds. The van der Waals surface area contributed by atoms with Crippen molar-refractivity contribution in [3.05, 3.63) is 29.3 Å². The molecule has 1 aliphatic rings. The summed E-state index contributed by atoms with van der Waals surface area (Å²) in [6, 6.07) is 8.37. The van der Waals surface area contributed by atoms with Crippen molar-refractivity contribution >= 4 is 5.69 Å². The maximum atomic E-state index is 2.58. The van der Waals surface area contributed by atoms with Crippen molar-refractivity contribution in [3.63, 3.8) is 0 Å². The van der Waals surface area contributed by atoms with Crippen molar-refractivity contribution in [2.45, 2.75) is 65.5 Å². The minimum Gasteiger partial charge on any atom is -0.366 e. The third-order valence-electron chi connectivity index (χ3n) is 4.13. The van der Waals surface area contributed by atoms with Crippen LogP contribution in [0.25, 0.3) is 0 Å². The van der Waals surface area contributed by atoms with Gasteiger partial charge in [-0.05, 0) is 62.8 Å². The number of nitrogens with zero attached hydrogens (tertiary/aromatic N) is 1. The molecule has 0 saturated carbocycles. The Bertz CT molecular complexity index is 385. The third kappa shape index (κ3) is 2.34. The first kappa shape index (κ1) is 12.5. The van der Waals surface area contributed by atoms with Gasteiger partial charge in [0.15, 0.2) is 0 Å². The molecule has 1 nitrogen and oxygen atoms in total. The number of benzene rings is 1. The zero-order chi connectivity index (χ0) is 12.6. The van der Waals surface area contributed by atoms with Crippen molar-refractivity contribution in [2.75, 3.05) is 4.90 Å². The van der Waals surface area contributed by atoms with Gasteiger partial charge in [-0.15, -0.1) is 0 Å². The first-order valence-corrected chi connectivity index (χ1v) is 6.89. The van der Waals surface area contributed by atoms with Gasteiger partial charge < -0.3 is 4.90 Å². The van der Waals surface area contributed by atoms with Crippen molar-refractivity contribution < 1.29 is 0 Å². The van der Waals surface area contributed by atoms with Gasteiger partial charge in [0.2, 0.25) is 0 Å². The van der Waals surface area contributed by atoms with Gasteiger partial charge in [0.1, 0.15) is 0 Å². The molecule has 17 heavy (non-hydrogen) atoms. The Balaban J connectivity index is 2.31. The first-order chi connectivity index (χ1) is 8.00. The van der Waals surface area contributed by atoms with Gasteiger partial charge in [0, 0.05) is 17.8 Å². The molecular weight excluding hydrogens is 206 g/mol. The van der Waals surface area contributed by atoms with Crippen LogP contribution >= 0.6 is 0 Å². The average molecular weight is 231 g/mol. The molecule has 1 saturated heterocycles. The van der Waals surface area contributed by atoms with E-state index in [2.05, 4.69) is 57.7 Å². The van der Waals surface area contributed by atoms with E-state index in [0.29, 0.717) is 18.0 Å². The van der Waals surface area contributed by atoms with E-state index in [4.69, 9.17) is 0 Å². The second kappa shape index (κ2) is 4.72. The fourth-order valence-corrected chi connectivity index (χ4v) is 3.17. The summed E-state index contributed by atoms with van der Waals surface area (Å²) >= 11 is 0. The standard InChI is InChI=1S/C16H25N/c1-11(2)16-9-8-15(10-12(16)3)17-13(4)6-7-14(17)5/h8-11,13-14H,6-7H2,1-5H3. The average Bonchev–Trinajstić information content (AvgIpc) is 2.58. The van der Waals surface area contributed by atoms with Crippen LogP contribution in [0, 0.1) is 6.92 Å². The lowest BCUT2D eigenvalue weighted by molar-refractivity contribution is 0.693. The Labute approximate surface area is 106 Å². The minimum absolute atomic E-state index is 0.623. The Kier molecular flexibility index (Phi) is 3.46. The number of hydrogen-bond donors (Lipinski definition) is 0. The quantitative estimate of drug-likeness (QED) is 0.724. The summed E-state index contributed by atoms with van der Waals surface area (Å²) in [5, 5.41) is 0. The van der Waals surface area contributed by atoms with Gasteiger partial charge in [-0.2, -0.15) is 0 Å². The molecule has 94 valence electrons. The van der Waals surface area contributed by atoms with Crippen LogP contribution in [-0.2, 0) is 0 Å². The second-order valence-corrected chi connectivity index (χ2v) is 5.88. The smallest absolute Gasteiger partial charge is 0.0373 e.